The molecule has 102 valence electrons. The SMILES string of the molecule is CCCCCc1ccc(C#CC(=O)OCCC)cc1. The first-order chi connectivity index (χ1) is 9.26. The van der Waals surface area contributed by atoms with Crippen molar-refractivity contribution in [2.45, 2.75) is 46.0 Å². The zero-order valence-corrected chi connectivity index (χ0v) is 11.9. The monoisotopic (exact) mass is 258 g/mol. The average molecular weight is 258 g/mol. The lowest BCUT2D eigenvalue weighted by Crippen LogP contribution is -2.01. The van der Waals surface area contributed by atoms with Crippen LogP contribution >= 0.6 is 0 Å². The van der Waals surface area contributed by atoms with Gasteiger partial charge in [0.2, 0.25) is 0 Å². The van der Waals surface area contributed by atoms with Gasteiger partial charge < -0.3 is 4.74 Å². The van der Waals surface area contributed by atoms with Gasteiger partial charge in [-0.1, -0.05) is 44.7 Å². The molecule has 0 amide bonds. The summed E-state index contributed by atoms with van der Waals surface area (Å²) >= 11 is 0. The van der Waals surface area contributed by atoms with Crippen LogP contribution in [-0.2, 0) is 16.0 Å². The maximum atomic E-state index is 11.2. The van der Waals surface area contributed by atoms with Crippen LogP contribution in [-0.4, -0.2) is 12.6 Å². The maximum absolute atomic E-state index is 11.2. The van der Waals surface area contributed by atoms with Crippen molar-refractivity contribution < 1.29 is 9.53 Å². The molecule has 0 bridgehead atoms. The molecule has 0 aliphatic rings. The molecule has 0 heterocycles. The van der Waals surface area contributed by atoms with Gasteiger partial charge in [-0.3, -0.25) is 0 Å². The van der Waals surface area contributed by atoms with Crippen LogP contribution in [0.1, 0.15) is 50.7 Å². The van der Waals surface area contributed by atoms with Gasteiger partial charge >= 0.3 is 5.97 Å². The Hall–Kier alpha value is -1.75. The highest BCUT2D eigenvalue weighted by Crippen LogP contribution is 2.08. The summed E-state index contributed by atoms with van der Waals surface area (Å²) in [7, 11) is 0. The molecule has 0 N–H and O–H groups in total. The molecule has 1 aromatic carbocycles. The normalized spacial score (nSPS) is 9.58. The van der Waals surface area contributed by atoms with Gasteiger partial charge in [-0.25, -0.2) is 4.79 Å². The van der Waals surface area contributed by atoms with Crippen LogP contribution in [0.4, 0.5) is 0 Å². The first-order valence-corrected chi connectivity index (χ1v) is 7.04. The Labute approximate surface area is 116 Å². The fourth-order valence-corrected chi connectivity index (χ4v) is 1.69. The second kappa shape index (κ2) is 9.22. The fraction of sp³-hybridized carbons (Fsp3) is 0.471. The summed E-state index contributed by atoms with van der Waals surface area (Å²) in [4.78, 5) is 11.2. The number of aryl methyl sites for hydroxylation is 1. The Morgan fingerprint density at radius 2 is 1.84 bits per heavy atom. The summed E-state index contributed by atoms with van der Waals surface area (Å²) in [5.41, 5.74) is 2.18. The smallest absolute Gasteiger partial charge is 0.384 e. The minimum absolute atomic E-state index is 0.434. The molecule has 0 unspecified atom stereocenters. The quantitative estimate of drug-likeness (QED) is 0.441. The molecule has 0 aliphatic carbocycles. The topological polar surface area (TPSA) is 26.3 Å². The van der Waals surface area contributed by atoms with Gasteiger partial charge in [0, 0.05) is 11.5 Å². The van der Waals surface area contributed by atoms with Crippen LogP contribution in [0.3, 0.4) is 0 Å². The van der Waals surface area contributed by atoms with Gasteiger partial charge in [0.05, 0.1) is 6.61 Å². The molecule has 0 aliphatic heterocycles. The molecule has 0 saturated heterocycles. The lowest BCUT2D eigenvalue weighted by molar-refractivity contribution is -0.136. The third kappa shape index (κ3) is 6.67. The van der Waals surface area contributed by atoms with E-state index in [0.29, 0.717) is 6.61 Å². The second-order valence-corrected chi connectivity index (χ2v) is 4.54. The van der Waals surface area contributed by atoms with E-state index in [0.717, 1.165) is 18.4 Å². The van der Waals surface area contributed by atoms with Crippen LogP contribution in [0.5, 0.6) is 0 Å². The molecular formula is C17H22O2. The van der Waals surface area contributed by atoms with Gasteiger partial charge in [-0.2, -0.15) is 0 Å². The van der Waals surface area contributed by atoms with Gasteiger partial charge in [0.25, 0.3) is 0 Å². The molecule has 1 aromatic rings. The van der Waals surface area contributed by atoms with Crippen molar-refractivity contribution in [3.05, 3.63) is 35.4 Å². The highest BCUT2D eigenvalue weighted by atomic mass is 16.5. The predicted molar refractivity (Wildman–Crippen MR) is 77.8 cm³/mol. The van der Waals surface area contributed by atoms with Crippen LogP contribution in [0, 0.1) is 11.8 Å². The van der Waals surface area contributed by atoms with E-state index in [-0.39, 0.29) is 0 Å². The van der Waals surface area contributed by atoms with E-state index < -0.39 is 5.97 Å². The van der Waals surface area contributed by atoms with Crippen molar-refractivity contribution in [2.75, 3.05) is 6.61 Å². The number of unbranched alkanes of at least 4 members (excludes halogenated alkanes) is 2. The number of benzene rings is 1. The van der Waals surface area contributed by atoms with E-state index in [1.54, 1.807) is 0 Å². The predicted octanol–water partition coefficient (Wildman–Crippen LogP) is 3.72. The van der Waals surface area contributed by atoms with E-state index in [1.807, 2.05) is 19.1 Å². The standard InChI is InChI=1S/C17H22O2/c1-3-5-6-7-15-8-10-16(11-9-15)12-13-17(18)19-14-4-2/h8-11H,3-7,14H2,1-2H3. The van der Waals surface area contributed by atoms with Gasteiger partial charge in [-0.05, 0) is 37.0 Å². The molecule has 2 heteroatoms. The summed E-state index contributed by atoms with van der Waals surface area (Å²) in [6.45, 7) is 4.60. The Morgan fingerprint density at radius 3 is 2.47 bits per heavy atom. The largest absolute Gasteiger partial charge is 0.456 e. The van der Waals surface area contributed by atoms with Crippen molar-refractivity contribution in [2.24, 2.45) is 0 Å². The molecule has 0 radical (unpaired) electrons. The number of ether oxygens (including phenoxy) is 1. The third-order valence-corrected chi connectivity index (χ3v) is 2.77. The average Bonchev–Trinajstić information content (AvgIpc) is 2.44. The second-order valence-electron chi connectivity index (χ2n) is 4.54. The van der Waals surface area contributed by atoms with Crippen LogP contribution in [0.25, 0.3) is 0 Å². The number of esters is 1. The summed E-state index contributed by atoms with van der Waals surface area (Å²) in [5.74, 6) is 4.87. The molecule has 0 atom stereocenters. The molecule has 2 nitrogen and oxygen atoms in total. The zero-order valence-electron chi connectivity index (χ0n) is 11.9. The summed E-state index contributed by atoms with van der Waals surface area (Å²) < 4.78 is 4.89. The van der Waals surface area contributed by atoms with Crippen molar-refractivity contribution in [3.63, 3.8) is 0 Å². The first kappa shape index (κ1) is 15.3. The number of hydrogen-bond acceptors (Lipinski definition) is 2. The molecule has 0 spiro atoms. The number of hydrogen-bond donors (Lipinski definition) is 0. The van der Waals surface area contributed by atoms with Crippen LogP contribution in [0.2, 0.25) is 0 Å². The molecule has 0 fully saturated rings. The fourth-order valence-electron chi connectivity index (χ4n) is 1.69. The van der Waals surface area contributed by atoms with E-state index in [4.69, 9.17) is 4.74 Å². The lowest BCUT2D eigenvalue weighted by atomic mass is 10.1. The first-order valence-electron chi connectivity index (χ1n) is 7.04. The maximum Gasteiger partial charge on any atom is 0.384 e. The molecule has 0 saturated carbocycles. The van der Waals surface area contributed by atoms with Crippen LogP contribution in [0.15, 0.2) is 24.3 Å². The van der Waals surface area contributed by atoms with E-state index in [2.05, 4.69) is 30.9 Å². The Bertz CT molecular complexity index is 435. The minimum Gasteiger partial charge on any atom is -0.456 e. The van der Waals surface area contributed by atoms with Crippen molar-refractivity contribution in [1.82, 2.24) is 0 Å². The highest BCUT2D eigenvalue weighted by molar-refractivity contribution is 5.89. The van der Waals surface area contributed by atoms with Gasteiger partial charge in [0.1, 0.15) is 0 Å². The van der Waals surface area contributed by atoms with Crippen LogP contribution < -0.4 is 0 Å². The number of carbonyl (C=O) groups is 1. The lowest BCUT2D eigenvalue weighted by Gasteiger charge is -2.00. The Kier molecular flexibility index (Phi) is 7.43. The van der Waals surface area contributed by atoms with Crippen molar-refractivity contribution in [1.29, 1.82) is 0 Å². The third-order valence-electron chi connectivity index (χ3n) is 2.77. The van der Waals surface area contributed by atoms with E-state index >= 15 is 0 Å². The summed E-state index contributed by atoms with van der Waals surface area (Å²) in [6.07, 6.45) is 5.67. The zero-order chi connectivity index (χ0) is 13.9. The minimum atomic E-state index is -0.450. The Morgan fingerprint density at radius 1 is 1.11 bits per heavy atom. The molecule has 19 heavy (non-hydrogen) atoms. The summed E-state index contributed by atoms with van der Waals surface area (Å²) in [5, 5.41) is 0. The van der Waals surface area contributed by atoms with Crippen molar-refractivity contribution in [3.8, 4) is 11.8 Å². The number of carbonyl (C=O) groups excluding carboxylic acids is 1. The van der Waals surface area contributed by atoms with Gasteiger partial charge in [0.15, 0.2) is 0 Å². The molecule has 1 rings (SSSR count). The Balaban J connectivity index is 2.47. The van der Waals surface area contributed by atoms with Crippen molar-refractivity contribution >= 4 is 5.97 Å². The molecular weight excluding hydrogens is 236 g/mol. The highest BCUT2D eigenvalue weighted by Gasteiger charge is 1.96. The molecule has 0 aromatic heterocycles. The van der Waals surface area contributed by atoms with E-state index in [9.17, 15) is 4.79 Å². The number of rotatable bonds is 6. The summed E-state index contributed by atoms with van der Waals surface area (Å²) in [6, 6.07) is 8.08. The van der Waals surface area contributed by atoms with E-state index in [1.165, 1.54) is 24.8 Å². The van der Waals surface area contributed by atoms with Gasteiger partial charge in [-0.15, -0.1) is 0 Å².